The van der Waals surface area contributed by atoms with Crippen LogP contribution < -0.4 is 35.3 Å². The molecule has 2 heterocycles. The predicted molar refractivity (Wildman–Crippen MR) is 161 cm³/mol. The van der Waals surface area contributed by atoms with Crippen LogP contribution in [0.1, 0.15) is 26.3 Å². The van der Waals surface area contributed by atoms with Crippen molar-refractivity contribution < 1.29 is 55.6 Å². The molecule has 0 atom stereocenters. The topological polar surface area (TPSA) is 169 Å². The maximum atomic E-state index is 15.2. The van der Waals surface area contributed by atoms with E-state index in [1.807, 2.05) is 0 Å². The number of benzene rings is 2. The lowest BCUT2D eigenvalue weighted by molar-refractivity contribution is -0.137. The van der Waals surface area contributed by atoms with Crippen molar-refractivity contribution in [3.05, 3.63) is 46.9 Å². The number of aromatic nitrogens is 2. The number of esters is 1. The molecule has 2 aromatic carbocycles. The lowest BCUT2D eigenvalue weighted by atomic mass is 10.1. The van der Waals surface area contributed by atoms with Crippen LogP contribution in [0.25, 0.3) is 0 Å². The van der Waals surface area contributed by atoms with Crippen LogP contribution in [0.5, 0.6) is 23.0 Å². The fraction of sp³-hybridized carbons (Fsp3) is 0.379. The number of ether oxygens (including phenoxy) is 6. The van der Waals surface area contributed by atoms with E-state index >= 15 is 4.39 Å². The molecule has 1 aromatic heterocycles. The van der Waals surface area contributed by atoms with Crippen LogP contribution in [0.3, 0.4) is 0 Å². The van der Waals surface area contributed by atoms with Gasteiger partial charge in [0.2, 0.25) is 5.95 Å². The Balaban J connectivity index is 0.000000335. The number of methoxy groups -OCH3 is 5. The van der Waals surface area contributed by atoms with E-state index in [9.17, 15) is 22.8 Å². The number of amides is 1. The van der Waals surface area contributed by atoms with Gasteiger partial charge in [0.15, 0.2) is 11.6 Å². The second-order valence-electron chi connectivity index (χ2n) is 9.37. The minimum absolute atomic E-state index is 0.00277. The van der Waals surface area contributed by atoms with Crippen molar-refractivity contribution in [1.29, 1.82) is 0 Å². The number of hydrogen-bond donors (Lipinski definition) is 3. The molecule has 1 aliphatic rings. The average molecular weight is 671 g/mol. The molecule has 256 valence electrons. The van der Waals surface area contributed by atoms with Crippen LogP contribution in [0, 0.1) is 5.82 Å². The number of carbonyl (C=O) groups excluding carboxylic acids is 2. The Morgan fingerprint density at radius 2 is 1.51 bits per heavy atom. The molecule has 0 radical (unpaired) electrons. The highest BCUT2D eigenvalue weighted by Crippen LogP contribution is 2.39. The van der Waals surface area contributed by atoms with Crippen LogP contribution in [-0.2, 0) is 15.7 Å². The zero-order chi connectivity index (χ0) is 34.9. The van der Waals surface area contributed by atoms with Crippen molar-refractivity contribution in [2.24, 2.45) is 0 Å². The van der Waals surface area contributed by atoms with Gasteiger partial charge in [0.25, 0.3) is 5.91 Å². The van der Waals surface area contributed by atoms with Gasteiger partial charge in [0, 0.05) is 50.2 Å². The van der Waals surface area contributed by atoms with E-state index in [0.29, 0.717) is 49.7 Å². The number of nitrogens with zero attached hydrogens (tertiary/aromatic N) is 3. The van der Waals surface area contributed by atoms with Gasteiger partial charge >= 0.3 is 12.1 Å². The van der Waals surface area contributed by atoms with E-state index in [1.165, 1.54) is 65.7 Å². The summed E-state index contributed by atoms with van der Waals surface area (Å²) < 4.78 is 84.7. The van der Waals surface area contributed by atoms with Crippen molar-refractivity contribution in [1.82, 2.24) is 14.9 Å². The maximum Gasteiger partial charge on any atom is 0.421 e. The fourth-order valence-corrected chi connectivity index (χ4v) is 4.38. The van der Waals surface area contributed by atoms with Crippen molar-refractivity contribution >= 4 is 35.0 Å². The number of rotatable bonds is 9. The molecular weight excluding hydrogens is 636 g/mol. The fourth-order valence-electron chi connectivity index (χ4n) is 4.38. The molecular formula is C29H34F4N6O8. The molecule has 0 saturated carbocycles. The smallest absolute Gasteiger partial charge is 0.421 e. The van der Waals surface area contributed by atoms with Gasteiger partial charge in [-0.3, -0.25) is 4.79 Å². The summed E-state index contributed by atoms with van der Waals surface area (Å²) in [6, 6.07) is 4.26. The lowest BCUT2D eigenvalue weighted by Crippen LogP contribution is -2.41. The first-order valence-electron chi connectivity index (χ1n) is 13.6. The van der Waals surface area contributed by atoms with Gasteiger partial charge < -0.3 is 49.7 Å². The van der Waals surface area contributed by atoms with Gasteiger partial charge in [0.1, 0.15) is 39.8 Å². The Bertz CT molecular complexity index is 1560. The third kappa shape index (κ3) is 8.32. The van der Waals surface area contributed by atoms with Crippen LogP contribution >= 0.6 is 0 Å². The number of nitrogen functional groups attached to an aromatic ring is 1. The number of nitrogens with two attached hydrogens (primary N) is 1. The van der Waals surface area contributed by atoms with Gasteiger partial charge in [-0.15, -0.1) is 0 Å². The Hall–Kier alpha value is -5.26. The van der Waals surface area contributed by atoms with Crippen molar-refractivity contribution in [2.45, 2.75) is 6.18 Å². The highest BCUT2D eigenvalue weighted by molar-refractivity contribution is 6.01. The molecule has 1 amide bonds. The Morgan fingerprint density at radius 1 is 0.936 bits per heavy atom. The van der Waals surface area contributed by atoms with Gasteiger partial charge in [-0.2, -0.15) is 18.2 Å². The monoisotopic (exact) mass is 670 g/mol. The summed E-state index contributed by atoms with van der Waals surface area (Å²) in [5.74, 6) is -2.51. The molecule has 1 aliphatic heterocycles. The van der Waals surface area contributed by atoms with E-state index < -0.39 is 35.3 Å². The standard InChI is InChI=1S/C19H21F4N5O4.C10H13NO4/c1-24-16-10(19(21,22)23)9-25-18(27-16)26-11-8-12(30-2)13(15(31-3)14(11)20)17(29)28-4-6-32-7-5-28;1-13-7-4-6(11)5-8(14-2)9(7)10(12)15-3/h8-9H,4-7H2,1-3H3,(H2,24,25,26,27);4-5H,11H2,1-3H3. The highest BCUT2D eigenvalue weighted by atomic mass is 19.4. The van der Waals surface area contributed by atoms with Gasteiger partial charge in [0.05, 0.1) is 54.5 Å². The van der Waals surface area contributed by atoms with Crippen LogP contribution in [0.2, 0.25) is 0 Å². The number of morpholine rings is 1. The number of halogens is 4. The molecule has 1 saturated heterocycles. The molecule has 14 nitrogen and oxygen atoms in total. The molecule has 4 N–H and O–H groups in total. The molecule has 3 aromatic rings. The lowest BCUT2D eigenvalue weighted by Gasteiger charge is -2.28. The number of alkyl halides is 3. The van der Waals surface area contributed by atoms with E-state index in [1.54, 1.807) is 0 Å². The first-order chi connectivity index (χ1) is 22.3. The van der Waals surface area contributed by atoms with E-state index in [2.05, 4.69) is 25.3 Å². The SMILES string of the molecule is CNc1nc(Nc2cc(OC)c(C(=O)N3CCOCC3)c(OC)c2F)ncc1C(F)(F)F.COC(=O)c1c(OC)cc(N)cc1OC. The zero-order valence-corrected chi connectivity index (χ0v) is 26.3. The quantitative estimate of drug-likeness (QED) is 0.170. The summed E-state index contributed by atoms with van der Waals surface area (Å²) in [5.41, 5.74) is 4.85. The molecule has 4 rings (SSSR count). The summed E-state index contributed by atoms with van der Waals surface area (Å²) >= 11 is 0. The van der Waals surface area contributed by atoms with Gasteiger partial charge in [-0.1, -0.05) is 0 Å². The summed E-state index contributed by atoms with van der Waals surface area (Å²) in [4.78, 5) is 33.3. The van der Waals surface area contributed by atoms with Crippen LogP contribution in [0.15, 0.2) is 24.4 Å². The van der Waals surface area contributed by atoms with E-state index in [0.717, 1.165) is 0 Å². The third-order valence-electron chi connectivity index (χ3n) is 6.62. The number of carbonyl (C=O) groups is 2. The number of anilines is 4. The summed E-state index contributed by atoms with van der Waals surface area (Å²) in [5, 5.41) is 4.85. The summed E-state index contributed by atoms with van der Waals surface area (Å²) in [7, 11) is 7.92. The Kier molecular flexibility index (Phi) is 12.2. The number of hydrogen-bond acceptors (Lipinski definition) is 13. The molecule has 47 heavy (non-hydrogen) atoms. The van der Waals surface area contributed by atoms with Crippen molar-refractivity contribution in [2.75, 3.05) is 85.3 Å². The molecule has 0 bridgehead atoms. The van der Waals surface area contributed by atoms with E-state index in [-0.39, 0.29) is 34.3 Å². The molecule has 0 spiro atoms. The predicted octanol–water partition coefficient (Wildman–Crippen LogP) is 3.98. The van der Waals surface area contributed by atoms with Gasteiger partial charge in [-0.25, -0.2) is 14.2 Å². The first-order valence-corrected chi connectivity index (χ1v) is 13.6. The average Bonchev–Trinajstić information content (AvgIpc) is 3.07. The van der Waals surface area contributed by atoms with E-state index in [4.69, 9.17) is 29.4 Å². The van der Waals surface area contributed by atoms with Gasteiger partial charge in [-0.05, 0) is 0 Å². The second kappa shape index (κ2) is 15.8. The van der Waals surface area contributed by atoms with Crippen LogP contribution in [-0.4, -0.2) is 95.6 Å². The Morgan fingerprint density at radius 3 is 2.00 bits per heavy atom. The molecule has 0 unspecified atom stereocenters. The number of nitrogens with one attached hydrogen (secondary N) is 2. The minimum Gasteiger partial charge on any atom is -0.496 e. The van der Waals surface area contributed by atoms with Crippen molar-refractivity contribution in [3.63, 3.8) is 0 Å². The maximum absolute atomic E-state index is 15.2. The normalized spacial score (nSPS) is 12.7. The molecule has 1 fully saturated rings. The largest absolute Gasteiger partial charge is 0.496 e. The Labute approximate surface area is 267 Å². The molecule has 0 aliphatic carbocycles. The first kappa shape index (κ1) is 36.2. The second-order valence-corrected chi connectivity index (χ2v) is 9.37. The van der Waals surface area contributed by atoms with Crippen molar-refractivity contribution in [3.8, 4) is 23.0 Å². The highest BCUT2D eigenvalue weighted by Gasteiger charge is 2.35. The zero-order valence-electron chi connectivity index (χ0n) is 26.3. The third-order valence-corrected chi connectivity index (χ3v) is 6.62. The van der Waals surface area contributed by atoms with Crippen LogP contribution in [0.4, 0.5) is 40.7 Å². The summed E-state index contributed by atoms with van der Waals surface area (Å²) in [6.07, 6.45) is -4.10. The molecule has 18 heteroatoms. The minimum atomic E-state index is -4.67. The summed E-state index contributed by atoms with van der Waals surface area (Å²) in [6.45, 7) is 1.33.